The van der Waals surface area contributed by atoms with E-state index < -0.39 is 28.5 Å². The molecular formula is C19H11F3N6O2. The first-order valence-electron chi connectivity index (χ1n) is 8.71. The Hall–Kier alpha value is -4.02. The number of fused-ring (bicyclic) bond motifs is 2. The first kappa shape index (κ1) is 18.0. The molecule has 0 bridgehead atoms. The predicted molar refractivity (Wildman–Crippen MR) is 99.1 cm³/mol. The summed E-state index contributed by atoms with van der Waals surface area (Å²) in [5.74, 6) is -3.00. The summed E-state index contributed by atoms with van der Waals surface area (Å²) in [6, 6.07) is 2.07. The van der Waals surface area contributed by atoms with E-state index >= 15 is 0 Å². The van der Waals surface area contributed by atoms with Crippen LogP contribution in [0.25, 0.3) is 33.8 Å². The SMILES string of the molecule is Cc1ncoc1-c1nc2nccnc2n1Cc1c(F)c(=O)[nH]c2c(F)c(F)ccc12. The second kappa shape index (κ2) is 6.51. The summed E-state index contributed by atoms with van der Waals surface area (Å²) in [5.41, 5.74) is -0.681. The molecule has 0 unspecified atom stereocenters. The molecule has 0 fully saturated rings. The summed E-state index contributed by atoms with van der Waals surface area (Å²) in [5, 5.41) is 0.0111. The summed E-state index contributed by atoms with van der Waals surface area (Å²) in [6.07, 6.45) is 4.10. The number of imidazole rings is 1. The maximum absolute atomic E-state index is 14.8. The third kappa shape index (κ3) is 2.59. The van der Waals surface area contributed by atoms with Gasteiger partial charge >= 0.3 is 0 Å². The van der Waals surface area contributed by atoms with E-state index in [0.717, 1.165) is 6.07 Å². The van der Waals surface area contributed by atoms with Crippen LogP contribution in [0.2, 0.25) is 0 Å². The Morgan fingerprint density at radius 1 is 1.10 bits per heavy atom. The van der Waals surface area contributed by atoms with Gasteiger partial charge in [-0.3, -0.25) is 9.36 Å². The molecule has 30 heavy (non-hydrogen) atoms. The van der Waals surface area contributed by atoms with Crippen LogP contribution in [0.3, 0.4) is 0 Å². The molecule has 1 aromatic carbocycles. The minimum atomic E-state index is -1.27. The topological polar surface area (TPSA) is 102 Å². The largest absolute Gasteiger partial charge is 0.440 e. The molecule has 0 atom stereocenters. The molecular weight excluding hydrogens is 401 g/mol. The second-order valence-corrected chi connectivity index (χ2v) is 6.52. The lowest BCUT2D eigenvalue weighted by Crippen LogP contribution is -2.17. The van der Waals surface area contributed by atoms with Crippen LogP contribution in [0.5, 0.6) is 0 Å². The Bertz CT molecular complexity index is 1500. The fourth-order valence-electron chi connectivity index (χ4n) is 3.35. The van der Waals surface area contributed by atoms with Crippen molar-refractivity contribution in [2.75, 3.05) is 0 Å². The van der Waals surface area contributed by atoms with Gasteiger partial charge < -0.3 is 9.40 Å². The van der Waals surface area contributed by atoms with Crippen LogP contribution in [0.15, 0.2) is 40.1 Å². The summed E-state index contributed by atoms with van der Waals surface area (Å²) in [7, 11) is 0. The number of halogens is 3. The first-order valence-corrected chi connectivity index (χ1v) is 8.71. The Balaban J connectivity index is 1.81. The zero-order chi connectivity index (χ0) is 21.0. The van der Waals surface area contributed by atoms with Gasteiger partial charge in [-0.05, 0) is 19.1 Å². The average Bonchev–Trinajstić information content (AvgIpc) is 3.32. The summed E-state index contributed by atoms with van der Waals surface area (Å²) >= 11 is 0. The van der Waals surface area contributed by atoms with Crippen molar-refractivity contribution in [3.05, 3.63) is 70.0 Å². The van der Waals surface area contributed by atoms with Crippen LogP contribution in [0.1, 0.15) is 11.3 Å². The van der Waals surface area contributed by atoms with Crippen molar-refractivity contribution < 1.29 is 17.6 Å². The van der Waals surface area contributed by atoms with Gasteiger partial charge in [0.2, 0.25) is 0 Å². The summed E-state index contributed by atoms with van der Waals surface area (Å²) in [4.78, 5) is 30.9. The molecule has 8 nitrogen and oxygen atoms in total. The first-order chi connectivity index (χ1) is 14.5. The van der Waals surface area contributed by atoms with Crippen LogP contribution in [-0.4, -0.2) is 29.5 Å². The maximum Gasteiger partial charge on any atom is 0.284 e. The Kier molecular flexibility index (Phi) is 3.91. The van der Waals surface area contributed by atoms with Gasteiger partial charge in [-0.2, -0.15) is 0 Å². The lowest BCUT2D eigenvalue weighted by molar-refractivity contribution is 0.513. The number of pyridine rings is 1. The van der Waals surface area contributed by atoms with Gasteiger partial charge in [0.05, 0.1) is 17.8 Å². The molecule has 1 N–H and O–H groups in total. The lowest BCUT2D eigenvalue weighted by atomic mass is 10.1. The fourth-order valence-corrected chi connectivity index (χ4v) is 3.35. The number of hydrogen-bond acceptors (Lipinski definition) is 6. The number of benzene rings is 1. The minimum absolute atomic E-state index is 0.0111. The number of aromatic amines is 1. The molecule has 0 saturated heterocycles. The molecule has 0 aliphatic carbocycles. The average molecular weight is 412 g/mol. The van der Waals surface area contributed by atoms with Crippen molar-refractivity contribution in [1.29, 1.82) is 0 Å². The van der Waals surface area contributed by atoms with Crippen LogP contribution in [0.4, 0.5) is 13.2 Å². The molecule has 11 heteroatoms. The van der Waals surface area contributed by atoms with Crippen molar-refractivity contribution in [2.24, 2.45) is 0 Å². The number of nitrogens with one attached hydrogen (secondary N) is 1. The monoisotopic (exact) mass is 412 g/mol. The van der Waals surface area contributed by atoms with Crippen molar-refractivity contribution in [1.82, 2.24) is 29.5 Å². The van der Waals surface area contributed by atoms with Crippen molar-refractivity contribution in [3.63, 3.8) is 0 Å². The van der Waals surface area contributed by atoms with Crippen LogP contribution >= 0.6 is 0 Å². The van der Waals surface area contributed by atoms with Crippen molar-refractivity contribution in [3.8, 4) is 11.6 Å². The second-order valence-electron chi connectivity index (χ2n) is 6.52. The van der Waals surface area contributed by atoms with Gasteiger partial charge in [-0.15, -0.1) is 0 Å². The number of aryl methyl sites for hydroxylation is 1. The van der Waals surface area contributed by atoms with Gasteiger partial charge in [0, 0.05) is 23.3 Å². The molecule has 5 aromatic rings. The molecule has 0 radical (unpaired) electrons. The number of H-pyrrole nitrogens is 1. The smallest absolute Gasteiger partial charge is 0.284 e. The summed E-state index contributed by atoms with van der Waals surface area (Å²) < 4.78 is 49.6. The highest BCUT2D eigenvalue weighted by Crippen LogP contribution is 2.29. The minimum Gasteiger partial charge on any atom is -0.440 e. The molecule has 4 aromatic heterocycles. The van der Waals surface area contributed by atoms with E-state index in [1.165, 1.54) is 29.4 Å². The molecule has 0 aliphatic heterocycles. The van der Waals surface area contributed by atoms with Crippen molar-refractivity contribution in [2.45, 2.75) is 13.5 Å². The Morgan fingerprint density at radius 2 is 1.90 bits per heavy atom. The van der Waals surface area contributed by atoms with E-state index in [9.17, 15) is 18.0 Å². The van der Waals surface area contributed by atoms with Crippen molar-refractivity contribution >= 4 is 22.2 Å². The standard InChI is InChI=1S/C19H11F3N6O2/c1-8-15(30-7-25-8)17-27-16-18(24-5-4-23-16)28(17)6-10-9-2-3-11(20)13(22)14(9)26-19(29)12(10)21/h2-5,7H,6H2,1H3,(H,26,29). The van der Waals surface area contributed by atoms with Gasteiger partial charge in [0.1, 0.15) is 0 Å². The number of aromatic nitrogens is 6. The molecule has 4 heterocycles. The van der Waals surface area contributed by atoms with E-state index in [0.29, 0.717) is 17.1 Å². The quantitative estimate of drug-likeness (QED) is 0.489. The van der Waals surface area contributed by atoms with E-state index in [1.54, 1.807) is 6.92 Å². The van der Waals surface area contributed by atoms with Crippen LogP contribution in [0, 0.1) is 24.4 Å². The normalized spacial score (nSPS) is 11.6. The molecule has 0 aliphatic rings. The summed E-state index contributed by atoms with van der Waals surface area (Å²) in [6.45, 7) is 1.44. The molecule has 5 rings (SSSR count). The number of hydrogen-bond donors (Lipinski definition) is 1. The number of oxazole rings is 1. The lowest BCUT2D eigenvalue weighted by Gasteiger charge is -2.12. The zero-order valence-corrected chi connectivity index (χ0v) is 15.3. The van der Waals surface area contributed by atoms with E-state index in [-0.39, 0.29) is 29.0 Å². The molecule has 0 spiro atoms. The van der Waals surface area contributed by atoms with Gasteiger partial charge in [-0.25, -0.2) is 33.1 Å². The predicted octanol–water partition coefficient (Wildman–Crippen LogP) is 3.10. The highest BCUT2D eigenvalue weighted by Gasteiger charge is 2.23. The number of nitrogens with zero attached hydrogens (tertiary/aromatic N) is 5. The van der Waals surface area contributed by atoms with Gasteiger partial charge in [-0.1, -0.05) is 0 Å². The Morgan fingerprint density at radius 3 is 2.67 bits per heavy atom. The number of rotatable bonds is 3. The van der Waals surface area contributed by atoms with E-state index in [1.807, 2.05) is 4.98 Å². The van der Waals surface area contributed by atoms with Gasteiger partial charge in [0.15, 0.2) is 46.7 Å². The third-order valence-corrected chi connectivity index (χ3v) is 4.77. The zero-order valence-electron chi connectivity index (χ0n) is 15.3. The van der Waals surface area contributed by atoms with Gasteiger partial charge in [0.25, 0.3) is 5.56 Å². The third-order valence-electron chi connectivity index (χ3n) is 4.77. The van der Waals surface area contributed by atoms with E-state index in [4.69, 9.17) is 4.42 Å². The highest BCUT2D eigenvalue weighted by molar-refractivity contribution is 5.83. The van der Waals surface area contributed by atoms with Crippen LogP contribution < -0.4 is 5.56 Å². The van der Waals surface area contributed by atoms with Crippen LogP contribution in [-0.2, 0) is 6.54 Å². The molecule has 0 amide bonds. The Labute approximate surface area is 165 Å². The maximum atomic E-state index is 14.8. The molecule has 0 saturated carbocycles. The molecule has 150 valence electrons. The highest BCUT2D eigenvalue weighted by atomic mass is 19.2. The van der Waals surface area contributed by atoms with E-state index in [2.05, 4.69) is 19.9 Å². The fraction of sp³-hybridized carbons (Fsp3) is 0.105.